The van der Waals surface area contributed by atoms with Gasteiger partial charge in [-0.2, -0.15) is 0 Å². The predicted octanol–water partition coefficient (Wildman–Crippen LogP) is 2.77. The second-order valence-electron chi connectivity index (χ2n) is 5.01. The molecule has 0 bridgehead atoms. The van der Waals surface area contributed by atoms with Crippen molar-refractivity contribution in [2.45, 2.75) is 33.3 Å². The van der Waals surface area contributed by atoms with Gasteiger partial charge in [0.2, 0.25) is 0 Å². The zero-order chi connectivity index (χ0) is 14.5. The fourth-order valence-electron chi connectivity index (χ4n) is 1.79. The van der Waals surface area contributed by atoms with E-state index in [9.17, 15) is 0 Å². The molecule has 106 valence electrons. The zero-order valence-corrected chi connectivity index (χ0v) is 12.1. The van der Waals surface area contributed by atoms with Gasteiger partial charge in [0.05, 0.1) is 18.1 Å². The van der Waals surface area contributed by atoms with Gasteiger partial charge in [-0.1, -0.05) is 26.0 Å². The first-order valence-electron chi connectivity index (χ1n) is 6.61. The van der Waals surface area contributed by atoms with Gasteiger partial charge in [-0.25, -0.2) is 10.8 Å². The number of hydrogen-bond acceptors (Lipinski definition) is 5. The maximum absolute atomic E-state index is 5.83. The Bertz CT molecular complexity index is 567. The smallest absolute Gasteiger partial charge is 0.158 e. The van der Waals surface area contributed by atoms with E-state index in [1.165, 1.54) is 5.56 Å². The minimum Gasteiger partial charge on any atom is -0.487 e. The minimum atomic E-state index is 0.389. The molecule has 1 heterocycles. The van der Waals surface area contributed by atoms with Gasteiger partial charge < -0.3 is 10.2 Å². The van der Waals surface area contributed by atoms with Crippen LogP contribution in [0, 0.1) is 6.92 Å². The Hall–Kier alpha value is -2.14. The van der Waals surface area contributed by atoms with E-state index in [1.54, 1.807) is 12.4 Å². The number of aromatic nitrogens is 2. The number of nitrogens with one attached hydrogen (secondary N) is 1. The molecule has 0 unspecified atom stereocenters. The molecule has 1 aromatic heterocycles. The van der Waals surface area contributed by atoms with Crippen LogP contribution >= 0.6 is 0 Å². The Morgan fingerprint density at radius 2 is 2.05 bits per heavy atom. The van der Waals surface area contributed by atoms with Crippen molar-refractivity contribution < 1.29 is 4.74 Å². The van der Waals surface area contributed by atoms with Crippen LogP contribution in [0.3, 0.4) is 0 Å². The van der Waals surface area contributed by atoms with Crippen LogP contribution in [0.25, 0.3) is 0 Å². The van der Waals surface area contributed by atoms with E-state index >= 15 is 0 Å². The van der Waals surface area contributed by atoms with Crippen LogP contribution < -0.4 is 16.0 Å². The van der Waals surface area contributed by atoms with Crippen LogP contribution in [0.4, 0.5) is 5.82 Å². The molecule has 3 N–H and O–H groups in total. The minimum absolute atomic E-state index is 0.389. The lowest BCUT2D eigenvalue weighted by Gasteiger charge is -2.12. The zero-order valence-electron chi connectivity index (χ0n) is 12.1. The highest BCUT2D eigenvalue weighted by molar-refractivity contribution is 5.38. The Balaban J connectivity index is 2.07. The molecule has 0 aliphatic heterocycles. The van der Waals surface area contributed by atoms with E-state index in [1.807, 2.05) is 6.92 Å². The Morgan fingerprint density at radius 1 is 1.25 bits per heavy atom. The number of ether oxygens (including phenoxy) is 1. The van der Waals surface area contributed by atoms with Gasteiger partial charge >= 0.3 is 0 Å². The summed E-state index contributed by atoms with van der Waals surface area (Å²) >= 11 is 0. The molecule has 0 spiro atoms. The summed E-state index contributed by atoms with van der Waals surface area (Å²) < 4.78 is 5.83. The van der Waals surface area contributed by atoms with Crippen LogP contribution in [-0.4, -0.2) is 9.97 Å². The molecule has 0 amide bonds. The third-order valence-electron chi connectivity index (χ3n) is 3.11. The summed E-state index contributed by atoms with van der Waals surface area (Å²) in [6, 6.07) is 6.30. The maximum Gasteiger partial charge on any atom is 0.158 e. The topological polar surface area (TPSA) is 73.1 Å². The van der Waals surface area contributed by atoms with Crippen LogP contribution in [0.1, 0.15) is 36.6 Å². The van der Waals surface area contributed by atoms with Crippen molar-refractivity contribution in [1.82, 2.24) is 9.97 Å². The van der Waals surface area contributed by atoms with Crippen molar-refractivity contribution in [3.63, 3.8) is 0 Å². The summed E-state index contributed by atoms with van der Waals surface area (Å²) in [5, 5.41) is 0. The van der Waals surface area contributed by atoms with Gasteiger partial charge in [-0.3, -0.25) is 4.98 Å². The largest absolute Gasteiger partial charge is 0.487 e. The average Bonchev–Trinajstić information content (AvgIpc) is 2.46. The fraction of sp³-hybridized carbons (Fsp3) is 0.333. The summed E-state index contributed by atoms with van der Waals surface area (Å²) in [7, 11) is 0. The highest BCUT2D eigenvalue weighted by Crippen LogP contribution is 2.24. The second-order valence-corrected chi connectivity index (χ2v) is 5.01. The van der Waals surface area contributed by atoms with E-state index in [0.29, 0.717) is 18.3 Å². The fourth-order valence-corrected chi connectivity index (χ4v) is 1.79. The first-order valence-corrected chi connectivity index (χ1v) is 6.61. The predicted molar refractivity (Wildman–Crippen MR) is 79.4 cm³/mol. The lowest BCUT2D eigenvalue weighted by Crippen LogP contribution is -2.09. The molecular weight excluding hydrogens is 252 g/mol. The normalized spacial score (nSPS) is 10.7. The van der Waals surface area contributed by atoms with E-state index in [4.69, 9.17) is 10.6 Å². The highest BCUT2D eigenvalue weighted by Gasteiger charge is 2.06. The molecule has 0 atom stereocenters. The van der Waals surface area contributed by atoms with E-state index < -0.39 is 0 Å². The number of anilines is 1. The van der Waals surface area contributed by atoms with Crippen molar-refractivity contribution in [3.8, 4) is 5.75 Å². The van der Waals surface area contributed by atoms with Gasteiger partial charge in [-0.15, -0.1) is 0 Å². The molecule has 2 aromatic rings. The Morgan fingerprint density at radius 3 is 2.65 bits per heavy atom. The number of rotatable bonds is 5. The van der Waals surface area contributed by atoms with Gasteiger partial charge in [0.25, 0.3) is 0 Å². The SMILES string of the molecule is Cc1ccc(C(C)C)cc1OCc1cnc(NN)cn1. The number of benzene rings is 1. The molecule has 0 saturated heterocycles. The monoisotopic (exact) mass is 272 g/mol. The number of nitrogens with two attached hydrogens (primary N) is 1. The van der Waals surface area contributed by atoms with Gasteiger partial charge in [0.15, 0.2) is 5.82 Å². The number of hydrogen-bond donors (Lipinski definition) is 2. The lowest BCUT2D eigenvalue weighted by molar-refractivity contribution is 0.298. The van der Waals surface area contributed by atoms with E-state index in [2.05, 4.69) is 47.4 Å². The average molecular weight is 272 g/mol. The first kappa shape index (κ1) is 14.3. The van der Waals surface area contributed by atoms with Crippen molar-refractivity contribution >= 4 is 5.82 Å². The molecule has 2 rings (SSSR count). The van der Waals surface area contributed by atoms with Crippen molar-refractivity contribution in [2.24, 2.45) is 5.84 Å². The highest BCUT2D eigenvalue weighted by atomic mass is 16.5. The van der Waals surface area contributed by atoms with E-state index in [0.717, 1.165) is 17.0 Å². The molecule has 20 heavy (non-hydrogen) atoms. The van der Waals surface area contributed by atoms with Gasteiger partial charge in [0.1, 0.15) is 12.4 Å². The third-order valence-corrected chi connectivity index (χ3v) is 3.11. The quantitative estimate of drug-likeness (QED) is 0.646. The van der Waals surface area contributed by atoms with Crippen molar-refractivity contribution in [1.29, 1.82) is 0 Å². The van der Waals surface area contributed by atoms with Crippen LogP contribution in [0.15, 0.2) is 30.6 Å². The Labute approximate surface area is 119 Å². The van der Waals surface area contributed by atoms with Gasteiger partial charge in [-0.05, 0) is 30.0 Å². The van der Waals surface area contributed by atoms with Crippen molar-refractivity contribution in [2.75, 3.05) is 5.43 Å². The van der Waals surface area contributed by atoms with Crippen LogP contribution in [0.5, 0.6) is 5.75 Å². The van der Waals surface area contributed by atoms with Crippen LogP contribution in [0.2, 0.25) is 0 Å². The molecule has 0 saturated carbocycles. The molecule has 1 aromatic carbocycles. The number of nitrogens with zero attached hydrogens (tertiary/aromatic N) is 2. The number of aryl methyl sites for hydroxylation is 1. The molecule has 0 aliphatic carbocycles. The van der Waals surface area contributed by atoms with Crippen molar-refractivity contribution in [3.05, 3.63) is 47.4 Å². The maximum atomic E-state index is 5.83. The second kappa shape index (κ2) is 6.34. The lowest BCUT2D eigenvalue weighted by atomic mass is 10.0. The summed E-state index contributed by atoms with van der Waals surface area (Å²) in [6.45, 7) is 6.75. The summed E-state index contributed by atoms with van der Waals surface area (Å²) in [6.07, 6.45) is 3.23. The molecule has 5 nitrogen and oxygen atoms in total. The number of hydrazine groups is 1. The first-order chi connectivity index (χ1) is 9.60. The standard InChI is InChI=1S/C15H20N4O/c1-10(2)12-5-4-11(3)14(6-12)20-9-13-7-18-15(19-16)8-17-13/h4-8,10H,9,16H2,1-3H3,(H,18,19). The summed E-state index contributed by atoms with van der Waals surface area (Å²) in [5.74, 6) is 7.15. The molecule has 0 radical (unpaired) electrons. The molecular formula is C15H20N4O. The summed E-state index contributed by atoms with van der Waals surface area (Å²) in [4.78, 5) is 8.32. The third kappa shape index (κ3) is 3.45. The van der Waals surface area contributed by atoms with E-state index in [-0.39, 0.29) is 0 Å². The van der Waals surface area contributed by atoms with Crippen LogP contribution in [-0.2, 0) is 6.61 Å². The molecule has 0 fully saturated rings. The summed E-state index contributed by atoms with van der Waals surface area (Å²) in [5.41, 5.74) is 5.58. The molecule has 0 aliphatic rings. The van der Waals surface area contributed by atoms with Gasteiger partial charge in [0, 0.05) is 0 Å². The molecule has 5 heteroatoms. The number of nitrogen functional groups attached to an aromatic ring is 1. The Kier molecular flexibility index (Phi) is 4.53.